The number of hydrogen-bond donors (Lipinski definition) is 1. The first-order valence-electron chi connectivity index (χ1n) is 11.8. The summed E-state index contributed by atoms with van der Waals surface area (Å²) in [6, 6.07) is 9.76. The van der Waals surface area contributed by atoms with E-state index >= 15 is 0 Å². The van der Waals surface area contributed by atoms with Gasteiger partial charge in [0, 0.05) is 62.7 Å². The summed E-state index contributed by atoms with van der Waals surface area (Å²) in [5.41, 5.74) is 4.24. The molecular formula is C26H29FN6O. The normalized spacial score (nSPS) is 16.8. The van der Waals surface area contributed by atoms with E-state index in [4.69, 9.17) is 4.98 Å². The number of anilines is 1. The van der Waals surface area contributed by atoms with Crippen LogP contribution in [0.25, 0.3) is 11.3 Å². The van der Waals surface area contributed by atoms with Crippen molar-refractivity contribution in [2.45, 2.75) is 25.8 Å². The van der Waals surface area contributed by atoms with Gasteiger partial charge in [-0.05, 0) is 50.1 Å². The molecule has 2 aliphatic heterocycles. The van der Waals surface area contributed by atoms with E-state index in [0.717, 1.165) is 51.4 Å². The summed E-state index contributed by atoms with van der Waals surface area (Å²) < 4.78 is 13.4. The van der Waals surface area contributed by atoms with Crippen LogP contribution in [-0.4, -0.2) is 59.0 Å². The van der Waals surface area contributed by atoms with Crippen LogP contribution in [0, 0.1) is 11.7 Å². The summed E-state index contributed by atoms with van der Waals surface area (Å²) in [6.07, 6.45) is 6.47. The zero-order chi connectivity index (χ0) is 23.5. The second-order valence-electron chi connectivity index (χ2n) is 9.21. The number of amides is 1. The van der Waals surface area contributed by atoms with E-state index in [0.29, 0.717) is 29.3 Å². The Bertz CT molecular complexity index is 1160. The van der Waals surface area contributed by atoms with Crippen molar-refractivity contribution >= 4 is 11.9 Å². The number of fused-ring (bicyclic) bond motifs is 1. The average molecular weight is 461 g/mol. The van der Waals surface area contributed by atoms with Gasteiger partial charge in [-0.25, -0.2) is 14.4 Å². The van der Waals surface area contributed by atoms with Crippen LogP contribution in [0.2, 0.25) is 0 Å². The monoisotopic (exact) mass is 460 g/mol. The molecule has 1 aromatic carbocycles. The molecule has 5 rings (SSSR count). The second kappa shape index (κ2) is 9.85. The van der Waals surface area contributed by atoms with Crippen molar-refractivity contribution in [3.05, 3.63) is 71.4 Å². The van der Waals surface area contributed by atoms with Gasteiger partial charge in [0.15, 0.2) is 0 Å². The van der Waals surface area contributed by atoms with Crippen molar-refractivity contribution in [2.24, 2.45) is 5.92 Å². The van der Waals surface area contributed by atoms with Gasteiger partial charge in [0.05, 0.1) is 17.0 Å². The lowest BCUT2D eigenvalue weighted by atomic mass is 9.97. The maximum Gasteiger partial charge on any atom is 0.252 e. The van der Waals surface area contributed by atoms with Gasteiger partial charge in [-0.15, -0.1) is 0 Å². The van der Waals surface area contributed by atoms with Gasteiger partial charge in [0.1, 0.15) is 5.82 Å². The molecular weight excluding hydrogens is 431 g/mol. The molecule has 34 heavy (non-hydrogen) atoms. The van der Waals surface area contributed by atoms with Gasteiger partial charge in [-0.2, -0.15) is 0 Å². The Kier molecular flexibility index (Phi) is 6.49. The highest BCUT2D eigenvalue weighted by atomic mass is 19.1. The van der Waals surface area contributed by atoms with E-state index < -0.39 is 0 Å². The number of pyridine rings is 1. The average Bonchev–Trinajstić information content (AvgIpc) is 2.87. The minimum atomic E-state index is -0.307. The Morgan fingerprint density at radius 2 is 1.97 bits per heavy atom. The Labute approximate surface area is 199 Å². The van der Waals surface area contributed by atoms with Crippen LogP contribution in [0.5, 0.6) is 0 Å². The zero-order valence-corrected chi connectivity index (χ0v) is 19.4. The van der Waals surface area contributed by atoms with E-state index in [-0.39, 0.29) is 11.7 Å². The number of piperidine rings is 1. The predicted octanol–water partition coefficient (Wildman–Crippen LogP) is 3.31. The van der Waals surface area contributed by atoms with Gasteiger partial charge >= 0.3 is 0 Å². The van der Waals surface area contributed by atoms with Gasteiger partial charge in [0.2, 0.25) is 5.95 Å². The highest BCUT2D eigenvalue weighted by Gasteiger charge is 2.23. The molecule has 1 N–H and O–H groups in total. The Morgan fingerprint density at radius 1 is 1.12 bits per heavy atom. The van der Waals surface area contributed by atoms with Crippen molar-refractivity contribution in [3.8, 4) is 11.3 Å². The van der Waals surface area contributed by atoms with Gasteiger partial charge in [-0.3, -0.25) is 9.78 Å². The lowest BCUT2D eigenvalue weighted by molar-refractivity contribution is 0.0944. The molecule has 1 fully saturated rings. The molecule has 7 nitrogen and oxygen atoms in total. The minimum absolute atomic E-state index is 0.135. The van der Waals surface area contributed by atoms with E-state index in [2.05, 4.69) is 32.1 Å². The van der Waals surface area contributed by atoms with Crippen molar-refractivity contribution in [1.82, 2.24) is 25.2 Å². The van der Waals surface area contributed by atoms with Gasteiger partial charge in [0.25, 0.3) is 5.91 Å². The standard InChI is InChI=1S/C26H29FN6O/c1-32-10-9-24-21(17-32)16-30-26(31-24)33-11-7-18(8-12-33)14-29-25(34)20-5-6-23(28-15-20)19-3-2-4-22(27)13-19/h2-6,13,15-16,18H,7-12,14,17H2,1H3,(H,29,34). The smallest absolute Gasteiger partial charge is 0.252 e. The van der Waals surface area contributed by atoms with Crippen LogP contribution in [0.1, 0.15) is 34.5 Å². The van der Waals surface area contributed by atoms with Crippen LogP contribution < -0.4 is 10.2 Å². The summed E-state index contributed by atoms with van der Waals surface area (Å²) in [7, 11) is 2.12. The summed E-state index contributed by atoms with van der Waals surface area (Å²) in [4.78, 5) is 30.9. The molecule has 2 aromatic heterocycles. The largest absolute Gasteiger partial charge is 0.352 e. The number of aromatic nitrogens is 3. The summed E-state index contributed by atoms with van der Waals surface area (Å²) in [6.45, 7) is 4.37. The number of hydrogen-bond acceptors (Lipinski definition) is 6. The zero-order valence-electron chi connectivity index (χ0n) is 19.4. The fraction of sp³-hybridized carbons (Fsp3) is 0.385. The highest BCUT2D eigenvalue weighted by Crippen LogP contribution is 2.23. The Hall–Kier alpha value is -3.39. The number of rotatable bonds is 5. The molecule has 1 amide bonds. The van der Waals surface area contributed by atoms with E-state index in [1.165, 1.54) is 23.4 Å². The maximum atomic E-state index is 13.4. The number of halogens is 1. The molecule has 1 saturated heterocycles. The second-order valence-corrected chi connectivity index (χ2v) is 9.21. The Balaban J connectivity index is 1.11. The first-order valence-corrected chi connectivity index (χ1v) is 11.8. The molecule has 4 heterocycles. The van der Waals surface area contributed by atoms with Crippen molar-refractivity contribution in [1.29, 1.82) is 0 Å². The number of nitrogens with zero attached hydrogens (tertiary/aromatic N) is 5. The predicted molar refractivity (Wildman–Crippen MR) is 129 cm³/mol. The highest BCUT2D eigenvalue weighted by molar-refractivity contribution is 5.94. The third-order valence-corrected chi connectivity index (χ3v) is 6.71. The molecule has 2 aliphatic rings. The SMILES string of the molecule is CN1CCc2nc(N3CCC(CNC(=O)c4ccc(-c5cccc(F)c5)nc4)CC3)ncc2C1. The molecule has 0 radical (unpaired) electrons. The molecule has 3 aromatic rings. The topological polar surface area (TPSA) is 74.2 Å². The van der Waals surface area contributed by atoms with Crippen LogP contribution in [0.3, 0.4) is 0 Å². The van der Waals surface area contributed by atoms with Crippen LogP contribution in [0.4, 0.5) is 10.3 Å². The van der Waals surface area contributed by atoms with E-state index in [1.807, 2.05) is 6.20 Å². The van der Waals surface area contributed by atoms with Crippen LogP contribution in [0.15, 0.2) is 48.8 Å². The first kappa shape index (κ1) is 22.4. The molecule has 0 atom stereocenters. The molecule has 0 saturated carbocycles. The fourth-order valence-electron chi connectivity index (χ4n) is 4.62. The molecule has 176 valence electrons. The van der Waals surface area contributed by atoms with Gasteiger partial charge in [-0.1, -0.05) is 12.1 Å². The number of carbonyl (C=O) groups excluding carboxylic acids is 1. The number of likely N-dealkylation sites (N-methyl/N-ethyl adjacent to an activating group) is 1. The minimum Gasteiger partial charge on any atom is -0.352 e. The third kappa shape index (κ3) is 5.07. The van der Waals surface area contributed by atoms with Crippen molar-refractivity contribution < 1.29 is 9.18 Å². The van der Waals surface area contributed by atoms with Crippen molar-refractivity contribution in [3.63, 3.8) is 0 Å². The lowest BCUT2D eigenvalue weighted by Crippen LogP contribution is -2.39. The summed E-state index contributed by atoms with van der Waals surface area (Å²) in [5, 5.41) is 3.04. The van der Waals surface area contributed by atoms with Crippen molar-refractivity contribution in [2.75, 3.05) is 38.1 Å². The molecule has 0 bridgehead atoms. The lowest BCUT2D eigenvalue weighted by Gasteiger charge is -2.33. The fourth-order valence-corrected chi connectivity index (χ4v) is 4.62. The summed E-state index contributed by atoms with van der Waals surface area (Å²) >= 11 is 0. The number of benzene rings is 1. The molecule has 0 spiro atoms. The molecule has 0 aliphatic carbocycles. The van der Waals surface area contributed by atoms with Crippen LogP contribution in [-0.2, 0) is 13.0 Å². The number of carbonyl (C=O) groups is 1. The maximum absolute atomic E-state index is 13.4. The quantitative estimate of drug-likeness (QED) is 0.630. The van der Waals surface area contributed by atoms with Gasteiger partial charge < -0.3 is 15.1 Å². The molecule has 0 unspecified atom stereocenters. The molecule has 8 heteroatoms. The summed E-state index contributed by atoms with van der Waals surface area (Å²) in [5.74, 6) is 0.808. The Morgan fingerprint density at radius 3 is 2.74 bits per heavy atom. The van der Waals surface area contributed by atoms with Crippen LogP contribution >= 0.6 is 0 Å². The number of nitrogens with one attached hydrogen (secondary N) is 1. The van der Waals surface area contributed by atoms with E-state index in [9.17, 15) is 9.18 Å². The first-order chi connectivity index (χ1) is 16.5. The van der Waals surface area contributed by atoms with E-state index in [1.54, 1.807) is 30.5 Å². The third-order valence-electron chi connectivity index (χ3n) is 6.71.